The lowest BCUT2D eigenvalue weighted by Gasteiger charge is -2.05. The van der Waals surface area contributed by atoms with Crippen molar-refractivity contribution in [2.24, 2.45) is 0 Å². The van der Waals surface area contributed by atoms with Crippen LogP contribution >= 0.6 is 23.2 Å². The third-order valence-corrected chi connectivity index (χ3v) is 2.82. The van der Waals surface area contributed by atoms with Gasteiger partial charge in [0.2, 0.25) is 0 Å². The van der Waals surface area contributed by atoms with Gasteiger partial charge in [-0.05, 0) is 35.9 Å². The predicted octanol–water partition coefficient (Wildman–Crippen LogP) is 3.92. The first-order valence-electron chi connectivity index (χ1n) is 5.42. The van der Waals surface area contributed by atoms with Crippen molar-refractivity contribution in [3.63, 3.8) is 0 Å². The van der Waals surface area contributed by atoms with Crippen LogP contribution < -0.4 is 5.32 Å². The molecule has 17 heavy (non-hydrogen) atoms. The summed E-state index contributed by atoms with van der Waals surface area (Å²) in [5.74, 6) is 0.988. The average molecular weight is 270 g/mol. The molecule has 0 saturated heterocycles. The Morgan fingerprint density at radius 2 is 1.88 bits per heavy atom. The average Bonchev–Trinajstić information content (AvgIpc) is 2.76. The van der Waals surface area contributed by atoms with Crippen LogP contribution in [0.15, 0.2) is 41.0 Å². The van der Waals surface area contributed by atoms with Gasteiger partial charge >= 0.3 is 0 Å². The number of nitrogens with one attached hydrogen (secondary N) is 1. The largest absolute Gasteiger partial charge is 0.469 e. The first-order valence-corrected chi connectivity index (χ1v) is 6.18. The molecule has 0 saturated carbocycles. The van der Waals surface area contributed by atoms with Gasteiger partial charge in [0.1, 0.15) is 5.76 Å². The van der Waals surface area contributed by atoms with Gasteiger partial charge in [-0.25, -0.2) is 0 Å². The van der Waals surface area contributed by atoms with Crippen LogP contribution in [0.4, 0.5) is 0 Å². The number of rotatable bonds is 5. The van der Waals surface area contributed by atoms with E-state index in [9.17, 15) is 0 Å². The molecule has 1 aromatic heterocycles. The third-order valence-electron chi connectivity index (χ3n) is 2.38. The molecule has 1 N–H and O–H groups in total. The maximum atomic E-state index is 5.92. The van der Waals surface area contributed by atoms with Crippen LogP contribution in [0.5, 0.6) is 0 Å². The number of halogens is 2. The highest BCUT2D eigenvalue weighted by Crippen LogP contribution is 2.18. The van der Waals surface area contributed by atoms with Crippen LogP contribution in [-0.4, -0.2) is 6.54 Å². The van der Waals surface area contributed by atoms with Crippen molar-refractivity contribution in [1.29, 1.82) is 0 Å². The van der Waals surface area contributed by atoms with Gasteiger partial charge in [0.05, 0.1) is 6.26 Å². The first kappa shape index (κ1) is 12.5. The van der Waals surface area contributed by atoms with Gasteiger partial charge in [0, 0.05) is 29.6 Å². The van der Waals surface area contributed by atoms with Crippen LogP contribution in [0.2, 0.25) is 10.0 Å². The van der Waals surface area contributed by atoms with Crippen molar-refractivity contribution in [1.82, 2.24) is 5.32 Å². The van der Waals surface area contributed by atoms with Crippen molar-refractivity contribution in [2.45, 2.75) is 13.0 Å². The van der Waals surface area contributed by atoms with Gasteiger partial charge in [-0.1, -0.05) is 23.2 Å². The van der Waals surface area contributed by atoms with Crippen LogP contribution in [0.1, 0.15) is 11.3 Å². The first-order chi connectivity index (χ1) is 8.24. The van der Waals surface area contributed by atoms with E-state index in [1.807, 2.05) is 24.3 Å². The van der Waals surface area contributed by atoms with Crippen molar-refractivity contribution in [3.05, 3.63) is 58.0 Å². The molecule has 0 spiro atoms. The summed E-state index contributed by atoms with van der Waals surface area (Å²) in [5.41, 5.74) is 1.09. The zero-order valence-electron chi connectivity index (χ0n) is 9.25. The summed E-state index contributed by atoms with van der Waals surface area (Å²) in [5, 5.41) is 4.65. The van der Waals surface area contributed by atoms with E-state index < -0.39 is 0 Å². The predicted molar refractivity (Wildman–Crippen MR) is 70.6 cm³/mol. The van der Waals surface area contributed by atoms with Crippen molar-refractivity contribution in [2.75, 3.05) is 6.54 Å². The lowest BCUT2D eigenvalue weighted by atomic mass is 10.2. The highest BCUT2D eigenvalue weighted by molar-refractivity contribution is 6.34. The van der Waals surface area contributed by atoms with Crippen molar-refractivity contribution in [3.8, 4) is 0 Å². The normalized spacial score (nSPS) is 10.7. The second-order valence-corrected chi connectivity index (χ2v) is 4.66. The van der Waals surface area contributed by atoms with E-state index in [0.717, 1.165) is 30.8 Å². The topological polar surface area (TPSA) is 25.2 Å². The maximum absolute atomic E-state index is 5.92. The molecule has 0 bridgehead atoms. The molecule has 1 heterocycles. The second-order valence-electron chi connectivity index (χ2n) is 3.78. The zero-order chi connectivity index (χ0) is 12.1. The molecule has 0 amide bonds. The molecule has 0 aliphatic carbocycles. The Hall–Kier alpha value is -0.960. The van der Waals surface area contributed by atoms with Crippen LogP contribution in [0.3, 0.4) is 0 Å². The molecule has 0 aliphatic heterocycles. The lowest BCUT2D eigenvalue weighted by molar-refractivity contribution is 0.499. The Morgan fingerprint density at radius 3 is 2.53 bits per heavy atom. The molecular formula is C13H13Cl2NO. The minimum Gasteiger partial charge on any atom is -0.469 e. The molecule has 2 aromatic rings. The highest BCUT2D eigenvalue weighted by Gasteiger charge is 1.99. The van der Waals surface area contributed by atoms with Gasteiger partial charge in [-0.15, -0.1) is 0 Å². The highest BCUT2D eigenvalue weighted by atomic mass is 35.5. The van der Waals surface area contributed by atoms with Gasteiger partial charge in [-0.2, -0.15) is 0 Å². The quantitative estimate of drug-likeness (QED) is 0.833. The molecular weight excluding hydrogens is 257 g/mol. The summed E-state index contributed by atoms with van der Waals surface area (Å²) in [6, 6.07) is 9.42. The molecule has 0 aliphatic rings. The van der Waals surface area contributed by atoms with E-state index in [1.54, 1.807) is 12.3 Å². The van der Waals surface area contributed by atoms with Crippen molar-refractivity contribution >= 4 is 23.2 Å². The summed E-state index contributed by atoms with van der Waals surface area (Å²) in [7, 11) is 0. The summed E-state index contributed by atoms with van der Waals surface area (Å²) < 4.78 is 5.24. The molecule has 2 nitrogen and oxygen atoms in total. The van der Waals surface area contributed by atoms with Crippen molar-refractivity contribution < 1.29 is 4.42 Å². The molecule has 1 aromatic carbocycles. The Bertz CT molecular complexity index is 448. The van der Waals surface area contributed by atoms with Gasteiger partial charge in [0.15, 0.2) is 0 Å². The molecule has 4 heteroatoms. The van der Waals surface area contributed by atoms with E-state index in [4.69, 9.17) is 27.6 Å². The van der Waals surface area contributed by atoms with Gasteiger partial charge < -0.3 is 9.73 Å². The van der Waals surface area contributed by atoms with E-state index in [1.165, 1.54) is 0 Å². The second kappa shape index (κ2) is 6.10. The third kappa shape index (κ3) is 4.08. The fourth-order valence-corrected chi connectivity index (χ4v) is 2.18. The number of benzene rings is 1. The monoisotopic (exact) mass is 269 g/mol. The SMILES string of the molecule is Clc1cc(Cl)cc(CNCCc2ccco2)c1. The summed E-state index contributed by atoms with van der Waals surface area (Å²) in [6.07, 6.45) is 2.56. The van der Waals surface area contributed by atoms with Gasteiger partial charge in [-0.3, -0.25) is 0 Å². The standard InChI is InChI=1S/C13H13Cl2NO/c14-11-6-10(7-12(15)8-11)9-16-4-3-13-2-1-5-17-13/h1-2,5-8,16H,3-4,9H2. The van der Waals surface area contributed by atoms with E-state index in [0.29, 0.717) is 10.0 Å². The number of furan rings is 1. The van der Waals surface area contributed by atoms with Gasteiger partial charge in [0.25, 0.3) is 0 Å². The lowest BCUT2D eigenvalue weighted by Crippen LogP contribution is -2.16. The minimum atomic E-state index is 0.667. The summed E-state index contributed by atoms with van der Waals surface area (Å²) in [4.78, 5) is 0. The fourth-order valence-electron chi connectivity index (χ4n) is 1.61. The van der Waals surface area contributed by atoms with E-state index in [-0.39, 0.29) is 0 Å². The molecule has 2 rings (SSSR count). The minimum absolute atomic E-state index is 0.667. The molecule has 0 fully saturated rings. The van der Waals surface area contributed by atoms with Crippen LogP contribution in [0.25, 0.3) is 0 Å². The fraction of sp³-hybridized carbons (Fsp3) is 0.231. The maximum Gasteiger partial charge on any atom is 0.105 e. The molecule has 0 atom stereocenters. The Balaban J connectivity index is 1.78. The van der Waals surface area contributed by atoms with Crippen LogP contribution in [0, 0.1) is 0 Å². The zero-order valence-corrected chi connectivity index (χ0v) is 10.8. The van der Waals surface area contributed by atoms with E-state index >= 15 is 0 Å². The Morgan fingerprint density at radius 1 is 1.12 bits per heavy atom. The van der Waals surface area contributed by atoms with E-state index in [2.05, 4.69) is 5.32 Å². The summed E-state index contributed by atoms with van der Waals surface area (Å²) >= 11 is 11.8. The number of hydrogen-bond donors (Lipinski definition) is 1. The molecule has 0 radical (unpaired) electrons. The molecule has 0 unspecified atom stereocenters. The summed E-state index contributed by atoms with van der Waals surface area (Å²) in [6.45, 7) is 1.61. The smallest absolute Gasteiger partial charge is 0.105 e. The Labute approximate surface area is 111 Å². The number of hydrogen-bond acceptors (Lipinski definition) is 2. The Kier molecular flexibility index (Phi) is 4.49. The van der Waals surface area contributed by atoms with Crippen LogP contribution in [-0.2, 0) is 13.0 Å². The molecule has 90 valence electrons.